The highest BCUT2D eigenvalue weighted by atomic mass is 16.4. The number of likely N-dealkylation sites (tertiary alicyclic amines) is 1. The third-order valence-electron chi connectivity index (χ3n) is 3.54. The number of nitrogens with one attached hydrogen (secondary N) is 1. The third kappa shape index (κ3) is 7.15. The van der Waals surface area contributed by atoms with Gasteiger partial charge in [-0.25, -0.2) is 0 Å². The van der Waals surface area contributed by atoms with E-state index in [9.17, 15) is 9.59 Å². The lowest BCUT2D eigenvalue weighted by atomic mass is 10.0. The van der Waals surface area contributed by atoms with Crippen LogP contribution in [0.4, 0.5) is 0 Å². The second-order valence-electron chi connectivity index (χ2n) is 5.28. The number of piperidine rings is 1. The molecule has 0 unspecified atom stereocenters. The maximum atomic E-state index is 11.7. The standard InChI is InChI=1S/C14H26N2O3/c1-2-9-16-10-7-12(8-11-16)15-13(17)5-3-4-6-14(18)19/h12H,2-11H2,1H3,(H,15,17)(H,18,19). The molecule has 0 aromatic rings. The first kappa shape index (κ1) is 16.0. The Kier molecular flexibility index (Phi) is 7.48. The minimum absolute atomic E-state index is 0.0688. The van der Waals surface area contributed by atoms with Crippen molar-refractivity contribution in [2.75, 3.05) is 19.6 Å². The number of unbranched alkanes of at least 4 members (excludes halogenated alkanes) is 1. The molecule has 0 spiro atoms. The van der Waals surface area contributed by atoms with Gasteiger partial charge in [0.25, 0.3) is 0 Å². The molecule has 1 amide bonds. The van der Waals surface area contributed by atoms with Crippen molar-refractivity contribution in [2.24, 2.45) is 0 Å². The minimum Gasteiger partial charge on any atom is -0.481 e. The van der Waals surface area contributed by atoms with Crippen LogP contribution in [-0.2, 0) is 9.59 Å². The van der Waals surface area contributed by atoms with Crippen molar-refractivity contribution >= 4 is 11.9 Å². The van der Waals surface area contributed by atoms with Crippen molar-refractivity contribution < 1.29 is 14.7 Å². The molecule has 1 rings (SSSR count). The van der Waals surface area contributed by atoms with Gasteiger partial charge in [-0.2, -0.15) is 0 Å². The number of carbonyl (C=O) groups excluding carboxylic acids is 1. The van der Waals surface area contributed by atoms with Crippen LogP contribution >= 0.6 is 0 Å². The summed E-state index contributed by atoms with van der Waals surface area (Å²) in [6.45, 7) is 5.47. The molecule has 0 saturated carbocycles. The zero-order chi connectivity index (χ0) is 14.1. The average molecular weight is 270 g/mol. The summed E-state index contributed by atoms with van der Waals surface area (Å²) in [7, 11) is 0. The van der Waals surface area contributed by atoms with Crippen LogP contribution in [0.2, 0.25) is 0 Å². The fraction of sp³-hybridized carbons (Fsp3) is 0.857. The predicted octanol–water partition coefficient (Wildman–Crippen LogP) is 1.62. The Morgan fingerprint density at radius 2 is 1.84 bits per heavy atom. The molecule has 5 nitrogen and oxygen atoms in total. The van der Waals surface area contributed by atoms with Gasteiger partial charge in [-0.3, -0.25) is 9.59 Å². The van der Waals surface area contributed by atoms with Crippen LogP contribution < -0.4 is 5.32 Å². The van der Waals surface area contributed by atoms with Gasteiger partial charge in [-0.1, -0.05) is 6.92 Å². The molecule has 0 radical (unpaired) electrons. The number of nitrogens with zero attached hydrogens (tertiary/aromatic N) is 1. The number of carboxylic acids is 1. The van der Waals surface area contributed by atoms with Gasteiger partial charge < -0.3 is 15.3 Å². The molecule has 1 saturated heterocycles. The van der Waals surface area contributed by atoms with Crippen LogP contribution in [0.25, 0.3) is 0 Å². The Labute approximate surface area is 115 Å². The zero-order valence-corrected chi connectivity index (χ0v) is 11.9. The Balaban J connectivity index is 2.08. The summed E-state index contributed by atoms with van der Waals surface area (Å²) in [5, 5.41) is 11.6. The topological polar surface area (TPSA) is 69.6 Å². The summed E-state index contributed by atoms with van der Waals surface area (Å²) < 4.78 is 0. The van der Waals surface area contributed by atoms with Crippen molar-refractivity contribution in [1.29, 1.82) is 0 Å². The van der Waals surface area contributed by atoms with Crippen LogP contribution in [0.15, 0.2) is 0 Å². The van der Waals surface area contributed by atoms with E-state index in [0.29, 0.717) is 25.3 Å². The number of amides is 1. The van der Waals surface area contributed by atoms with Gasteiger partial charge in [0.05, 0.1) is 0 Å². The monoisotopic (exact) mass is 270 g/mol. The van der Waals surface area contributed by atoms with Crippen molar-refractivity contribution in [3.8, 4) is 0 Å². The molecule has 0 bridgehead atoms. The molecule has 5 heteroatoms. The lowest BCUT2D eigenvalue weighted by Crippen LogP contribution is -2.44. The molecule has 1 fully saturated rings. The van der Waals surface area contributed by atoms with E-state index in [2.05, 4.69) is 17.1 Å². The normalized spacial score (nSPS) is 17.3. The largest absolute Gasteiger partial charge is 0.481 e. The summed E-state index contributed by atoms with van der Waals surface area (Å²) in [5.74, 6) is -0.719. The molecule has 0 atom stereocenters. The molecule has 2 N–H and O–H groups in total. The second-order valence-corrected chi connectivity index (χ2v) is 5.28. The first-order valence-electron chi connectivity index (χ1n) is 7.35. The predicted molar refractivity (Wildman–Crippen MR) is 74.0 cm³/mol. The van der Waals surface area contributed by atoms with E-state index >= 15 is 0 Å². The van der Waals surface area contributed by atoms with Crippen LogP contribution in [0.1, 0.15) is 51.9 Å². The number of carbonyl (C=O) groups is 2. The Morgan fingerprint density at radius 3 is 2.42 bits per heavy atom. The van der Waals surface area contributed by atoms with Crippen LogP contribution in [0.5, 0.6) is 0 Å². The van der Waals surface area contributed by atoms with Gasteiger partial charge in [-0.05, 0) is 38.6 Å². The molecular formula is C14H26N2O3. The summed E-state index contributed by atoms with van der Waals surface area (Å²) >= 11 is 0. The van der Waals surface area contributed by atoms with Gasteiger partial charge >= 0.3 is 5.97 Å². The second kappa shape index (κ2) is 8.91. The highest BCUT2D eigenvalue weighted by molar-refractivity contribution is 5.76. The first-order chi connectivity index (χ1) is 9.11. The van der Waals surface area contributed by atoms with Crippen LogP contribution in [0.3, 0.4) is 0 Å². The fourth-order valence-electron chi connectivity index (χ4n) is 2.48. The lowest BCUT2D eigenvalue weighted by Gasteiger charge is -2.32. The highest BCUT2D eigenvalue weighted by Crippen LogP contribution is 2.11. The van der Waals surface area contributed by atoms with Crippen LogP contribution in [-0.4, -0.2) is 47.6 Å². The molecule has 1 aliphatic heterocycles. The summed E-state index contributed by atoms with van der Waals surface area (Å²) in [6.07, 6.45) is 5.08. The highest BCUT2D eigenvalue weighted by Gasteiger charge is 2.19. The SMILES string of the molecule is CCCN1CCC(NC(=O)CCCCC(=O)O)CC1. The Hall–Kier alpha value is -1.10. The van der Waals surface area contributed by atoms with Gasteiger partial charge in [0.1, 0.15) is 0 Å². The Morgan fingerprint density at radius 1 is 1.21 bits per heavy atom. The van der Waals surface area contributed by atoms with E-state index in [1.165, 1.54) is 6.42 Å². The number of hydrogen-bond donors (Lipinski definition) is 2. The van der Waals surface area contributed by atoms with Crippen LogP contribution in [0, 0.1) is 0 Å². The fourth-order valence-corrected chi connectivity index (χ4v) is 2.48. The van der Waals surface area contributed by atoms with Crippen molar-refractivity contribution in [2.45, 2.75) is 57.9 Å². The van der Waals surface area contributed by atoms with E-state index in [0.717, 1.165) is 32.5 Å². The zero-order valence-electron chi connectivity index (χ0n) is 11.9. The summed E-state index contributed by atoms with van der Waals surface area (Å²) in [6, 6.07) is 0.306. The number of carboxylic acid groups (broad SMARTS) is 1. The molecule has 19 heavy (non-hydrogen) atoms. The van der Waals surface area contributed by atoms with Crippen molar-refractivity contribution in [3.05, 3.63) is 0 Å². The molecular weight excluding hydrogens is 244 g/mol. The van der Waals surface area contributed by atoms with Crippen molar-refractivity contribution in [1.82, 2.24) is 10.2 Å². The summed E-state index contributed by atoms with van der Waals surface area (Å²) in [5.41, 5.74) is 0. The van der Waals surface area contributed by atoms with Gasteiger partial charge in [0.15, 0.2) is 0 Å². The molecule has 0 aromatic heterocycles. The van der Waals surface area contributed by atoms with Gasteiger partial charge in [0, 0.05) is 32.0 Å². The summed E-state index contributed by atoms with van der Waals surface area (Å²) in [4.78, 5) is 24.5. The van der Waals surface area contributed by atoms with E-state index < -0.39 is 5.97 Å². The average Bonchev–Trinajstić information content (AvgIpc) is 2.37. The smallest absolute Gasteiger partial charge is 0.303 e. The Bertz CT molecular complexity index is 286. The van der Waals surface area contributed by atoms with E-state index in [1.54, 1.807) is 0 Å². The van der Waals surface area contributed by atoms with E-state index in [4.69, 9.17) is 5.11 Å². The third-order valence-corrected chi connectivity index (χ3v) is 3.54. The maximum Gasteiger partial charge on any atom is 0.303 e. The quantitative estimate of drug-likeness (QED) is 0.658. The molecule has 1 heterocycles. The first-order valence-corrected chi connectivity index (χ1v) is 7.35. The minimum atomic E-state index is -0.788. The van der Waals surface area contributed by atoms with E-state index in [-0.39, 0.29) is 12.3 Å². The van der Waals surface area contributed by atoms with Gasteiger partial charge in [-0.15, -0.1) is 0 Å². The molecule has 1 aliphatic rings. The number of rotatable bonds is 8. The van der Waals surface area contributed by atoms with E-state index in [1.807, 2.05) is 0 Å². The molecule has 0 aromatic carbocycles. The lowest BCUT2D eigenvalue weighted by molar-refractivity contribution is -0.137. The van der Waals surface area contributed by atoms with Crippen molar-refractivity contribution in [3.63, 3.8) is 0 Å². The van der Waals surface area contributed by atoms with Gasteiger partial charge in [0.2, 0.25) is 5.91 Å². The molecule has 0 aliphatic carbocycles. The number of hydrogen-bond acceptors (Lipinski definition) is 3. The molecule has 110 valence electrons. The number of aliphatic carboxylic acids is 1. The maximum absolute atomic E-state index is 11.7.